The molecule has 2 rings (SSSR count). The predicted molar refractivity (Wildman–Crippen MR) is 80.6 cm³/mol. The Morgan fingerprint density at radius 1 is 1.16 bits per heavy atom. The molecule has 0 saturated carbocycles. The van der Waals surface area contributed by atoms with Crippen LogP contribution in [-0.2, 0) is 0 Å². The van der Waals surface area contributed by atoms with Crippen molar-refractivity contribution >= 4 is 28.8 Å². The number of nitrogens with zero attached hydrogens (tertiary/aromatic N) is 1. The number of carbonyl (C=O) groups is 1. The smallest absolute Gasteiger partial charge is 0.159 e. The number of ketones is 1. The Labute approximate surface area is 118 Å². The van der Waals surface area contributed by atoms with Gasteiger partial charge in [0.05, 0.1) is 10.7 Å². The van der Waals surface area contributed by atoms with E-state index in [1.807, 2.05) is 42.5 Å². The Bertz CT molecular complexity index is 581. The zero-order chi connectivity index (χ0) is 13.8. The van der Waals surface area contributed by atoms with Gasteiger partial charge < -0.3 is 4.90 Å². The van der Waals surface area contributed by atoms with Crippen LogP contribution in [0.25, 0.3) is 0 Å². The number of rotatable bonds is 4. The topological polar surface area (TPSA) is 20.3 Å². The van der Waals surface area contributed by atoms with Gasteiger partial charge in [-0.3, -0.25) is 4.79 Å². The van der Waals surface area contributed by atoms with Crippen molar-refractivity contribution < 1.29 is 4.79 Å². The lowest BCUT2D eigenvalue weighted by Crippen LogP contribution is -2.16. The molecule has 0 atom stereocenters. The average molecular weight is 274 g/mol. The first-order valence-electron chi connectivity index (χ1n) is 6.26. The van der Waals surface area contributed by atoms with E-state index >= 15 is 0 Å². The van der Waals surface area contributed by atoms with Gasteiger partial charge in [0.2, 0.25) is 0 Å². The van der Waals surface area contributed by atoms with Crippen molar-refractivity contribution in [3.63, 3.8) is 0 Å². The van der Waals surface area contributed by atoms with Crippen molar-refractivity contribution in [1.29, 1.82) is 0 Å². The second kappa shape index (κ2) is 5.89. The summed E-state index contributed by atoms with van der Waals surface area (Å²) in [6.07, 6.45) is 0. The Balaban J connectivity index is 2.42. The molecule has 19 heavy (non-hydrogen) atoms. The van der Waals surface area contributed by atoms with E-state index in [1.54, 1.807) is 13.0 Å². The second-order valence-corrected chi connectivity index (χ2v) is 4.71. The van der Waals surface area contributed by atoms with Crippen LogP contribution in [0.1, 0.15) is 24.2 Å². The standard InChI is InChI=1S/C16H16ClNO/c1-3-18(14-7-5-4-6-8-14)16-10-9-13(12(2)19)11-15(16)17/h4-11H,3H2,1-2H3. The van der Waals surface area contributed by atoms with Crippen LogP contribution in [0.15, 0.2) is 48.5 Å². The minimum absolute atomic E-state index is 0.0243. The summed E-state index contributed by atoms with van der Waals surface area (Å²) in [6, 6.07) is 15.5. The van der Waals surface area contributed by atoms with E-state index < -0.39 is 0 Å². The Hall–Kier alpha value is -1.80. The maximum atomic E-state index is 11.3. The Morgan fingerprint density at radius 2 is 1.84 bits per heavy atom. The summed E-state index contributed by atoms with van der Waals surface area (Å²) in [5.74, 6) is 0.0243. The normalized spacial score (nSPS) is 10.3. The van der Waals surface area contributed by atoms with Crippen molar-refractivity contribution in [3.05, 3.63) is 59.1 Å². The highest BCUT2D eigenvalue weighted by Crippen LogP contribution is 2.32. The number of carbonyl (C=O) groups excluding carboxylic acids is 1. The molecule has 2 aromatic rings. The molecule has 0 aliphatic carbocycles. The van der Waals surface area contributed by atoms with Gasteiger partial charge in [-0.2, -0.15) is 0 Å². The number of para-hydroxylation sites is 1. The first-order valence-corrected chi connectivity index (χ1v) is 6.64. The molecule has 0 amide bonds. The fourth-order valence-corrected chi connectivity index (χ4v) is 2.33. The van der Waals surface area contributed by atoms with E-state index in [1.165, 1.54) is 0 Å². The Kier molecular flexibility index (Phi) is 4.23. The molecule has 0 aliphatic heterocycles. The maximum absolute atomic E-state index is 11.3. The molecule has 0 bridgehead atoms. The van der Waals surface area contributed by atoms with Crippen LogP contribution >= 0.6 is 11.6 Å². The number of hydrogen-bond donors (Lipinski definition) is 0. The number of halogens is 1. The Morgan fingerprint density at radius 3 is 2.37 bits per heavy atom. The molecule has 2 aromatic carbocycles. The van der Waals surface area contributed by atoms with Gasteiger partial charge in [0.25, 0.3) is 0 Å². The minimum Gasteiger partial charge on any atom is -0.341 e. The van der Waals surface area contributed by atoms with Crippen LogP contribution in [0, 0.1) is 0 Å². The lowest BCUT2D eigenvalue weighted by atomic mass is 10.1. The molecule has 0 saturated heterocycles. The molecular weight excluding hydrogens is 258 g/mol. The SMILES string of the molecule is CCN(c1ccccc1)c1ccc(C(C)=O)cc1Cl. The molecule has 2 nitrogen and oxygen atoms in total. The molecule has 98 valence electrons. The fourth-order valence-electron chi connectivity index (χ4n) is 2.04. The predicted octanol–water partition coefficient (Wildman–Crippen LogP) is 4.70. The van der Waals surface area contributed by atoms with Gasteiger partial charge in [-0.05, 0) is 44.2 Å². The third-order valence-electron chi connectivity index (χ3n) is 3.03. The second-order valence-electron chi connectivity index (χ2n) is 4.30. The van der Waals surface area contributed by atoms with E-state index in [0.29, 0.717) is 10.6 Å². The lowest BCUT2D eigenvalue weighted by molar-refractivity contribution is 0.101. The molecule has 3 heteroatoms. The first-order chi connectivity index (χ1) is 9.13. The lowest BCUT2D eigenvalue weighted by Gasteiger charge is -2.24. The monoisotopic (exact) mass is 273 g/mol. The molecular formula is C16H16ClNO. The van der Waals surface area contributed by atoms with Gasteiger partial charge in [0.15, 0.2) is 5.78 Å². The van der Waals surface area contributed by atoms with Crippen LogP contribution < -0.4 is 4.90 Å². The third-order valence-corrected chi connectivity index (χ3v) is 3.33. The van der Waals surface area contributed by atoms with Crippen molar-refractivity contribution in [2.75, 3.05) is 11.4 Å². The highest BCUT2D eigenvalue weighted by atomic mass is 35.5. The van der Waals surface area contributed by atoms with Crippen LogP contribution in [0.4, 0.5) is 11.4 Å². The highest BCUT2D eigenvalue weighted by molar-refractivity contribution is 6.33. The average Bonchev–Trinajstić information content (AvgIpc) is 2.42. The van der Waals surface area contributed by atoms with E-state index in [-0.39, 0.29) is 5.78 Å². The largest absolute Gasteiger partial charge is 0.341 e. The summed E-state index contributed by atoms with van der Waals surface area (Å²) in [5, 5.41) is 0.596. The van der Waals surface area contributed by atoms with Gasteiger partial charge in [0.1, 0.15) is 0 Å². The van der Waals surface area contributed by atoms with E-state index in [2.05, 4.69) is 11.8 Å². The maximum Gasteiger partial charge on any atom is 0.159 e. The summed E-state index contributed by atoms with van der Waals surface area (Å²) >= 11 is 6.30. The molecule has 0 radical (unpaired) electrons. The summed E-state index contributed by atoms with van der Waals surface area (Å²) in [4.78, 5) is 13.5. The molecule has 0 aliphatic rings. The minimum atomic E-state index is 0.0243. The van der Waals surface area contributed by atoms with E-state index in [9.17, 15) is 4.79 Å². The number of anilines is 2. The van der Waals surface area contributed by atoms with Crippen LogP contribution in [-0.4, -0.2) is 12.3 Å². The summed E-state index contributed by atoms with van der Waals surface area (Å²) in [5.41, 5.74) is 2.64. The highest BCUT2D eigenvalue weighted by Gasteiger charge is 2.12. The molecule has 0 unspecified atom stereocenters. The van der Waals surface area contributed by atoms with Crippen LogP contribution in [0.3, 0.4) is 0 Å². The molecule has 0 N–H and O–H groups in total. The van der Waals surface area contributed by atoms with Gasteiger partial charge in [-0.25, -0.2) is 0 Å². The van der Waals surface area contributed by atoms with Gasteiger partial charge in [-0.15, -0.1) is 0 Å². The molecule has 0 fully saturated rings. The summed E-state index contributed by atoms with van der Waals surface area (Å²) < 4.78 is 0. The van der Waals surface area contributed by atoms with Gasteiger partial charge >= 0.3 is 0 Å². The number of hydrogen-bond acceptors (Lipinski definition) is 2. The van der Waals surface area contributed by atoms with Crippen molar-refractivity contribution in [1.82, 2.24) is 0 Å². The third kappa shape index (κ3) is 2.96. The van der Waals surface area contributed by atoms with Gasteiger partial charge in [0, 0.05) is 17.8 Å². The van der Waals surface area contributed by atoms with E-state index in [0.717, 1.165) is 17.9 Å². The molecule has 0 aromatic heterocycles. The van der Waals surface area contributed by atoms with Gasteiger partial charge in [-0.1, -0.05) is 29.8 Å². The summed E-state index contributed by atoms with van der Waals surface area (Å²) in [6.45, 7) is 4.42. The fraction of sp³-hybridized carbons (Fsp3) is 0.188. The zero-order valence-corrected chi connectivity index (χ0v) is 11.8. The quantitative estimate of drug-likeness (QED) is 0.753. The van der Waals surface area contributed by atoms with Crippen molar-refractivity contribution in [2.24, 2.45) is 0 Å². The summed E-state index contributed by atoms with van der Waals surface area (Å²) in [7, 11) is 0. The van der Waals surface area contributed by atoms with E-state index in [4.69, 9.17) is 11.6 Å². The van der Waals surface area contributed by atoms with Crippen LogP contribution in [0.5, 0.6) is 0 Å². The van der Waals surface area contributed by atoms with Crippen molar-refractivity contribution in [2.45, 2.75) is 13.8 Å². The van der Waals surface area contributed by atoms with Crippen LogP contribution in [0.2, 0.25) is 5.02 Å². The zero-order valence-electron chi connectivity index (χ0n) is 11.1. The van der Waals surface area contributed by atoms with Crippen molar-refractivity contribution in [3.8, 4) is 0 Å². The number of Topliss-reactive ketones (excluding diaryl/α,β-unsaturated/α-hetero) is 1. The molecule has 0 heterocycles. The number of benzene rings is 2. The first kappa shape index (κ1) is 13.6. The molecule has 0 spiro atoms.